The van der Waals surface area contributed by atoms with Crippen molar-refractivity contribution < 1.29 is 30.3 Å². The summed E-state index contributed by atoms with van der Waals surface area (Å²) in [5, 5.41) is 45.9. The first kappa shape index (κ1) is 21.5. The van der Waals surface area contributed by atoms with E-state index in [2.05, 4.69) is 34.5 Å². The maximum atomic E-state index is 9.90. The molecule has 128 valence electrons. The van der Waals surface area contributed by atoms with E-state index in [4.69, 9.17) is 25.5 Å². The van der Waals surface area contributed by atoms with Crippen LogP contribution in [-0.2, 0) is 11.2 Å². The van der Waals surface area contributed by atoms with Crippen molar-refractivity contribution in [1.82, 2.24) is 0 Å². The van der Waals surface area contributed by atoms with Gasteiger partial charge >= 0.3 is 0 Å². The van der Waals surface area contributed by atoms with Crippen LogP contribution in [0.5, 0.6) is 0 Å². The highest BCUT2D eigenvalue weighted by molar-refractivity contribution is 7.78. The maximum absolute atomic E-state index is 9.90. The van der Waals surface area contributed by atoms with Crippen LogP contribution in [0, 0.1) is 0 Å². The van der Waals surface area contributed by atoms with E-state index in [-0.39, 0.29) is 6.29 Å². The van der Waals surface area contributed by atoms with Gasteiger partial charge in [0.1, 0.15) is 24.4 Å². The molecule has 0 heterocycles. The number of nitrogens with zero attached hydrogens (tertiary/aromatic N) is 1. The van der Waals surface area contributed by atoms with Crippen LogP contribution in [-0.4, -0.2) is 74.5 Å². The van der Waals surface area contributed by atoms with Crippen LogP contribution in [0.1, 0.15) is 5.56 Å². The molecule has 7 nitrogen and oxygen atoms in total. The number of hydrogen-bond acceptors (Lipinski definition) is 8. The van der Waals surface area contributed by atoms with Gasteiger partial charge in [-0.15, -0.1) is 0 Å². The van der Waals surface area contributed by atoms with Crippen molar-refractivity contribution >= 4 is 23.7 Å². The Morgan fingerprint density at radius 1 is 1.13 bits per heavy atom. The highest BCUT2D eigenvalue weighted by Crippen LogP contribution is 2.03. The molecule has 8 heteroatoms. The van der Waals surface area contributed by atoms with Crippen molar-refractivity contribution in [3.05, 3.63) is 35.9 Å². The molecule has 0 amide bonds. The second-order valence-electron chi connectivity index (χ2n) is 4.57. The first-order chi connectivity index (χ1) is 11.0. The summed E-state index contributed by atoms with van der Waals surface area (Å²) in [6.45, 7) is -0.0166. The van der Waals surface area contributed by atoms with Crippen LogP contribution in [0.3, 0.4) is 0 Å². The second-order valence-corrected chi connectivity index (χ2v) is 4.75. The normalized spacial score (nSPS) is 15.2. The average molecular weight is 343 g/mol. The monoisotopic (exact) mass is 343 g/mol. The fraction of sp³-hybridized carbons (Fsp3) is 0.467. The first-order valence-electron chi connectivity index (χ1n) is 6.83. The Labute approximate surface area is 139 Å². The molecule has 4 unspecified atom stereocenters. The van der Waals surface area contributed by atoms with Gasteiger partial charge in [0.15, 0.2) is 6.29 Å². The second kappa shape index (κ2) is 13.0. The van der Waals surface area contributed by atoms with E-state index < -0.39 is 31.0 Å². The van der Waals surface area contributed by atoms with E-state index >= 15 is 0 Å². The molecule has 1 aromatic rings. The van der Waals surface area contributed by atoms with Gasteiger partial charge in [-0.05, 0) is 24.2 Å². The Balaban J connectivity index is 0.000000422. The standard InChI is InChI=1S/C9H9NS.C6H12O6/c11-8-10-7-6-9-4-2-1-3-5-9;7-1-3(9)5(11)6(12)4(10)2-8/h1-5H,6-7H2;1,3-6,8-12H,2H2. The third-order valence-electron chi connectivity index (χ3n) is 2.84. The Kier molecular flexibility index (Phi) is 12.1. The highest BCUT2D eigenvalue weighted by atomic mass is 32.1. The molecule has 1 rings (SSSR count). The van der Waals surface area contributed by atoms with E-state index in [9.17, 15) is 4.79 Å². The molecular formula is C15H21NO6S. The molecule has 0 aromatic heterocycles. The van der Waals surface area contributed by atoms with Crippen LogP contribution in [0.4, 0.5) is 0 Å². The van der Waals surface area contributed by atoms with Crippen molar-refractivity contribution in [3.63, 3.8) is 0 Å². The molecule has 0 aliphatic heterocycles. The number of rotatable bonds is 8. The average Bonchev–Trinajstić information content (AvgIpc) is 2.60. The zero-order chi connectivity index (χ0) is 17.7. The predicted octanol–water partition coefficient (Wildman–Crippen LogP) is -1.05. The summed E-state index contributed by atoms with van der Waals surface area (Å²) in [6.07, 6.45) is -5.89. The van der Waals surface area contributed by atoms with E-state index in [1.165, 1.54) is 5.56 Å². The molecule has 0 radical (unpaired) electrons. The van der Waals surface area contributed by atoms with Crippen molar-refractivity contribution in [2.45, 2.75) is 30.8 Å². The van der Waals surface area contributed by atoms with Crippen molar-refractivity contribution in [1.29, 1.82) is 0 Å². The summed E-state index contributed by atoms with van der Waals surface area (Å²) in [7, 11) is 0. The maximum Gasteiger partial charge on any atom is 0.151 e. The summed E-state index contributed by atoms with van der Waals surface area (Å²) in [5.41, 5.74) is 1.29. The van der Waals surface area contributed by atoms with Crippen LogP contribution in [0.25, 0.3) is 0 Å². The number of aliphatic hydroxyl groups is 5. The summed E-state index contributed by atoms with van der Waals surface area (Å²) >= 11 is 4.45. The topological polar surface area (TPSA) is 131 Å². The Morgan fingerprint density at radius 2 is 1.74 bits per heavy atom. The Morgan fingerprint density at radius 3 is 2.22 bits per heavy atom. The van der Waals surface area contributed by atoms with Gasteiger partial charge in [0, 0.05) is 0 Å². The summed E-state index contributed by atoms with van der Waals surface area (Å²) in [5.74, 6) is 0. The summed E-state index contributed by atoms with van der Waals surface area (Å²) in [4.78, 5) is 13.7. The number of benzene rings is 1. The SMILES string of the molecule is O=CC(O)C(O)C(O)C(O)CO.S=C=NCCc1ccccc1. The van der Waals surface area contributed by atoms with Crippen LogP contribution in [0.15, 0.2) is 35.3 Å². The molecule has 1 aromatic carbocycles. The third-order valence-corrected chi connectivity index (χ3v) is 2.97. The Hall–Kier alpha value is -1.51. The molecular weight excluding hydrogens is 322 g/mol. The zero-order valence-corrected chi connectivity index (χ0v) is 13.2. The number of thiocarbonyl (C=S) groups is 1. The van der Waals surface area contributed by atoms with Gasteiger partial charge in [0.05, 0.1) is 18.3 Å². The summed E-state index contributed by atoms with van der Waals surface area (Å²) in [6, 6.07) is 10.2. The van der Waals surface area contributed by atoms with Gasteiger partial charge in [-0.1, -0.05) is 30.3 Å². The highest BCUT2D eigenvalue weighted by Gasteiger charge is 2.29. The largest absolute Gasteiger partial charge is 0.394 e. The minimum atomic E-state index is -1.79. The molecule has 0 spiro atoms. The van der Waals surface area contributed by atoms with E-state index in [1.54, 1.807) is 0 Å². The van der Waals surface area contributed by atoms with Crippen LogP contribution >= 0.6 is 12.2 Å². The van der Waals surface area contributed by atoms with E-state index in [0.29, 0.717) is 0 Å². The molecule has 0 aliphatic carbocycles. The first-order valence-corrected chi connectivity index (χ1v) is 7.24. The molecule has 0 saturated carbocycles. The number of carbonyl (C=O) groups excluding carboxylic acids is 1. The lowest BCUT2D eigenvalue weighted by molar-refractivity contribution is -0.136. The molecule has 0 bridgehead atoms. The van der Waals surface area contributed by atoms with Gasteiger partial charge in [0.2, 0.25) is 0 Å². The minimum absolute atomic E-state index is 0.0258. The van der Waals surface area contributed by atoms with Crippen molar-refractivity contribution in [2.75, 3.05) is 13.2 Å². The van der Waals surface area contributed by atoms with E-state index in [1.807, 2.05) is 18.2 Å². The number of isothiocyanates is 1. The fourth-order valence-electron chi connectivity index (χ4n) is 1.49. The van der Waals surface area contributed by atoms with Gasteiger partial charge < -0.3 is 30.3 Å². The molecule has 4 atom stereocenters. The number of hydrogen-bond donors (Lipinski definition) is 5. The Bertz CT molecular complexity index is 480. The van der Waals surface area contributed by atoms with Gasteiger partial charge in [0.25, 0.3) is 0 Å². The molecule has 23 heavy (non-hydrogen) atoms. The molecule has 0 fully saturated rings. The fourth-order valence-corrected chi connectivity index (χ4v) is 1.58. The van der Waals surface area contributed by atoms with Gasteiger partial charge in [-0.2, -0.15) is 0 Å². The molecule has 5 N–H and O–H groups in total. The molecule has 0 aliphatic rings. The number of aldehydes is 1. The number of carbonyl (C=O) groups is 1. The van der Waals surface area contributed by atoms with Crippen molar-refractivity contribution in [3.8, 4) is 0 Å². The number of aliphatic imine (C=N–C) groups is 1. The van der Waals surface area contributed by atoms with Crippen LogP contribution < -0.4 is 0 Å². The van der Waals surface area contributed by atoms with Gasteiger partial charge in [-0.3, -0.25) is 0 Å². The molecule has 0 saturated heterocycles. The third kappa shape index (κ3) is 9.27. The van der Waals surface area contributed by atoms with Crippen LogP contribution in [0.2, 0.25) is 0 Å². The lowest BCUT2D eigenvalue weighted by Crippen LogP contribution is -2.46. The predicted molar refractivity (Wildman–Crippen MR) is 87.2 cm³/mol. The zero-order valence-electron chi connectivity index (χ0n) is 12.4. The minimum Gasteiger partial charge on any atom is -0.394 e. The van der Waals surface area contributed by atoms with Gasteiger partial charge in [-0.25, -0.2) is 4.99 Å². The lowest BCUT2D eigenvalue weighted by atomic mass is 10.0. The van der Waals surface area contributed by atoms with E-state index in [0.717, 1.165) is 13.0 Å². The number of aliphatic hydroxyl groups excluding tert-OH is 5. The quantitative estimate of drug-likeness (QED) is 0.231. The lowest BCUT2D eigenvalue weighted by Gasteiger charge is -2.22. The smallest absolute Gasteiger partial charge is 0.151 e. The van der Waals surface area contributed by atoms with Crippen molar-refractivity contribution in [2.24, 2.45) is 4.99 Å². The summed E-state index contributed by atoms with van der Waals surface area (Å²) < 4.78 is 0.